The summed E-state index contributed by atoms with van der Waals surface area (Å²) in [5, 5.41) is 17.3. The van der Waals surface area contributed by atoms with Crippen LogP contribution in [0.25, 0.3) is 0 Å². The first kappa shape index (κ1) is 35.3. The monoisotopic (exact) mass is 638 g/mol. The van der Waals surface area contributed by atoms with Crippen LogP contribution >= 0.6 is 0 Å². The fourth-order valence-corrected chi connectivity index (χ4v) is 5.14. The van der Waals surface area contributed by atoms with Gasteiger partial charge in [-0.2, -0.15) is 0 Å². The summed E-state index contributed by atoms with van der Waals surface area (Å²) in [6, 6.07) is 10.2. The molecule has 2 aromatic rings. The standard InChI is InChI=1S/C32H42N6O8/c1-3-19(2)27(28(34)41)37-30(43)25-10-7-15-38(25)31(44)24(16-20-11-13-22(39)14-12-20)35-29(42)23(17-26(33)40)36-32(45)46-18-21-8-5-4-6-9-21/h4-6,8-9,11-14,19,23-25,27,39H,3,7,10,15-18H2,1-2H3,(H2,33,40)(H2,34,41)(H,35,42)(H,36,45)(H,37,43)/t19?,23?,24?,25-,27?/m1/s1. The van der Waals surface area contributed by atoms with Crippen LogP contribution in [-0.2, 0) is 41.7 Å². The molecule has 46 heavy (non-hydrogen) atoms. The summed E-state index contributed by atoms with van der Waals surface area (Å²) >= 11 is 0. The molecule has 14 heteroatoms. The Morgan fingerprint density at radius 1 is 0.935 bits per heavy atom. The molecule has 1 heterocycles. The first-order chi connectivity index (χ1) is 21.9. The van der Waals surface area contributed by atoms with Crippen LogP contribution in [0.5, 0.6) is 5.75 Å². The van der Waals surface area contributed by atoms with Gasteiger partial charge >= 0.3 is 6.09 Å². The van der Waals surface area contributed by atoms with Gasteiger partial charge in [0.2, 0.25) is 29.5 Å². The molecule has 248 valence electrons. The minimum atomic E-state index is -1.47. The third-order valence-electron chi connectivity index (χ3n) is 7.87. The average molecular weight is 639 g/mol. The van der Waals surface area contributed by atoms with Gasteiger partial charge < -0.3 is 42.2 Å². The summed E-state index contributed by atoms with van der Waals surface area (Å²) in [5.74, 6) is -3.82. The van der Waals surface area contributed by atoms with Crippen molar-refractivity contribution in [1.29, 1.82) is 0 Å². The van der Waals surface area contributed by atoms with Crippen molar-refractivity contribution in [2.75, 3.05) is 6.54 Å². The fourth-order valence-electron chi connectivity index (χ4n) is 5.14. The van der Waals surface area contributed by atoms with Gasteiger partial charge in [-0.05, 0) is 42.0 Å². The molecule has 0 aromatic heterocycles. The number of likely N-dealkylation sites (tertiary alicyclic amines) is 1. The highest BCUT2D eigenvalue weighted by molar-refractivity contribution is 5.96. The smallest absolute Gasteiger partial charge is 0.408 e. The number of hydrogen-bond donors (Lipinski definition) is 6. The molecule has 1 aliphatic rings. The number of hydrogen-bond acceptors (Lipinski definition) is 8. The maximum atomic E-state index is 14.0. The van der Waals surface area contributed by atoms with E-state index in [2.05, 4.69) is 16.0 Å². The summed E-state index contributed by atoms with van der Waals surface area (Å²) in [7, 11) is 0. The maximum Gasteiger partial charge on any atom is 0.408 e. The number of amides is 6. The molecule has 8 N–H and O–H groups in total. The van der Waals surface area contributed by atoms with Crippen LogP contribution in [0, 0.1) is 5.92 Å². The highest BCUT2D eigenvalue weighted by atomic mass is 16.5. The lowest BCUT2D eigenvalue weighted by molar-refractivity contribution is -0.142. The van der Waals surface area contributed by atoms with Crippen molar-refractivity contribution in [1.82, 2.24) is 20.9 Å². The molecule has 5 atom stereocenters. The minimum absolute atomic E-state index is 0.00279. The molecule has 0 spiro atoms. The van der Waals surface area contributed by atoms with Crippen LogP contribution in [0.3, 0.4) is 0 Å². The minimum Gasteiger partial charge on any atom is -0.508 e. The molecule has 0 aliphatic carbocycles. The molecular formula is C32H42N6O8. The van der Waals surface area contributed by atoms with Crippen molar-refractivity contribution < 1.29 is 38.6 Å². The van der Waals surface area contributed by atoms with Gasteiger partial charge in [0.05, 0.1) is 6.42 Å². The lowest BCUT2D eigenvalue weighted by Gasteiger charge is -2.31. The number of ether oxygens (including phenoxy) is 1. The Labute approximate surface area is 267 Å². The van der Waals surface area contributed by atoms with Crippen molar-refractivity contribution in [2.24, 2.45) is 17.4 Å². The number of nitrogens with two attached hydrogens (primary N) is 2. The number of primary amides is 2. The predicted molar refractivity (Wildman–Crippen MR) is 166 cm³/mol. The molecule has 14 nitrogen and oxygen atoms in total. The Kier molecular flexibility index (Phi) is 12.9. The SMILES string of the molecule is CCC(C)C(NC(=O)[C@H]1CCCN1C(=O)C(Cc1ccc(O)cc1)NC(=O)C(CC(N)=O)NC(=O)OCc1ccccc1)C(N)=O. The Morgan fingerprint density at radius 3 is 2.22 bits per heavy atom. The van der Waals surface area contributed by atoms with E-state index in [0.717, 1.165) is 0 Å². The van der Waals surface area contributed by atoms with E-state index in [0.29, 0.717) is 30.4 Å². The van der Waals surface area contributed by atoms with Crippen molar-refractivity contribution >= 4 is 35.6 Å². The largest absolute Gasteiger partial charge is 0.508 e. The molecular weight excluding hydrogens is 596 g/mol. The van der Waals surface area contributed by atoms with E-state index in [9.17, 15) is 33.9 Å². The molecule has 0 saturated carbocycles. The van der Waals surface area contributed by atoms with Gasteiger partial charge in [0.1, 0.15) is 36.5 Å². The van der Waals surface area contributed by atoms with E-state index in [-0.39, 0.29) is 31.2 Å². The molecule has 1 fully saturated rings. The van der Waals surface area contributed by atoms with Crippen molar-refractivity contribution in [3.63, 3.8) is 0 Å². The van der Waals surface area contributed by atoms with E-state index in [1.165, 1.54) is 17.0 Å². The van der Waals surface area contributed by atoms with Gasteiger partial charge in [-0.25, -0.2) is 4.79 Å². The Balaban J connectivity index is 1.80. The summed E-state index contributed by atoms with van der Waals surface area (Å²) in [4.78, 5) is 78.5. The molecule has 2 aromatic carbocycles. The van der Waals surface area contributed by atoms with Crippen LogP contribution in [0.1, 0.15) is 50.7 Å². The first-order valence-corrected chi connectivity index (χ1v) is 15.1. The summed E-state index contributed by atoms with van der Waals surface area (Å²) < 4.78 is 5.19. The normalized spacial score (nSPS) is 16.7. The summed E-state index contributed by atoms with van der Waals surface area (Å²) in [5.41, 5.74) is 12.2. The zero-order valence-corrected chi connectivity index (χ0v) is 25.9. The fraction of sp³-hybridized carbons (Fsp3) is 0.438. The van der Waals surface area contributed by atoms with Crippen LogP contribution in [0.4, 0.5) is 4.79 Å². The van der Waals surface area contributed by atoms with E-state index in [1.54, 1.807) is 49.4 Å². The molecule has 3 rings (SSSR count). The van der Waals surface area contributed by atoms with Gasteiger partial charge in [-0.3, -0.25) is 24.0 Å². The number of phenols is 1. The topological polar surface area (TPSA) is 223 Å². The van der Waals surface area contributed by atoms with Gasteiger partial charge in [-0.15, -0.1) is 0 Å². The highest BCUT2D eigenvalue weighted by Gasteiger charge is 2.40. The van der Waals surface area contributed by atoms with Gasteiger partial charge in [0.15, 0.2) is 0 Å². The Morgan fingerprint density at radius 2 is 1.61 bits per heavy atom. The number of alkyl carbamates (subject to hydrolysis) is 1. The van der Waals surface area contributed by atoms with Crippen molar-refractivity contribution in [3.8, 4) is 5.75 Å². The lowest BCUT2D eigenvalue weighted by atomic mass is 9.98. The third-order valence-corrected chi connectivity index (χ3v) is 7.87. The van der Waals surface area contributed by atoms with E-state index < -0.39 is 66.2 Å². The summed E-state index contributed by atoms with van der Waals surface area (Å²) in [6.45, 7) is 3.76. The highest BCUT2D eigenvalue weighted by Crippen LogP contribution is 2.21. The molecule has 6 amide bonds. The van der Waals surface area contributed by atoms with E-state index in [4.69, 9.17) is 16.2 Å². The van der Waals surface area contributed by atoms with E-state index in [1.807, 2.05) is 6.92 Å². The molecule has 4 unspecified atom stereocenters. The maximum absolute atomic E-state index is 14.0. The van der Waals surface area contributed by atoms with E-state index >= 15 is 0 Å². The van der Waals surface area contributed by atoms with Gasteiger partial charge in [-0.1, -0.05) is 62.7 Å². The zero-order chi connectivity index (χ0) is 33.8. The van der Waals surface area contributed by atoms with Crippen molar-refractivity contribution in [3.05, 3.63) is 65.7 Å². The number of nitrogens with one attached hydrogen (secondary N) is 3. The van der Waals surface area contributed by atoms with Crippen LogP contribution < -0.4 is 27.4 Å². The second kappa shape index (κ2) is 16.8. The zero-order valence-electron chi connectivity index (χ0n) is 25.9. The Hall–Kier alpha value is -5.14. The molecule has 1 saturated heterocycles. The third kappa shape index (κ3) is 10.2. The number of carbonyl (C=O) groups is 6. The molecule has 0 radical (unpaired) electrons. The van der Waals surface area contributed by atoms with Crippen LogP contribution in [0.2, 0.25) is 0 Å². The van der Waals surface area contributed by atoms with Crippen LogP contribution in [-0.4, -0.2) is 76.3 Å². The second-order valence-corrected chi connectivity index (χ2v) is 11.3. The van der Waals surface area contributed by atoms with Crippen molar-refractivity contribution in [2.45, 2.75) is 76.7 Å². The van der Waals surface area contributed by atoms with Crippen LogP contribution in [0.15, 0.2) is 54.6 Å². The number of phenolic OH excluding ortho intramolecular Hbond substituents is 1. The number of carbonyl (C=O) groups excluding carboxylic acids is 6. The van der Waals surface area contributed by atoms with Gasteiger partial charge in [0, 0.05) is 13.0 Å². The second-order valence-electron chi connectivity index (χ2n) is 11.3. The average Bonchev–Trinajstić information content (AvgIpc) is 3.52. The number of nitrogens with zero attached hydrogens (tertiary/aromatic N) is 1. The first-order valence-electron chi connectivity index (χ1n) is 15.1. The number of aromatic hydroxyl groups is 1. The predicted octanol–water partition coefficient (Wildman–Crippen LogP) is 0.597. The lowest BCUT2D eigenvalue weighted by Crippen LogP contribution is -2.59. The van der Waals surface area contributed by atoms with Gasteiger partial charge in [0.25, 0.3) is 0 Å². The molecule has 0 bridgehead atoms. The Bertz CT molecular complexity index is 1390. The molecule has 1 aliphatic heterocycles. The quantitative estimate of drug-likeness (QED) is 0.162. The summed E-state index contributed by atoms with van der Waals surface area (Å²) in [6.07, 6.45) is -0.203. The number of rotatable bonds is 15. The number of benzene rings is 2.